The molecule has 3 amide bonds. The van der Waals surface area contributed by atoms with E-state index in [2.05, 4.69) is 10.6 Å². The van der Waals surface area contributed by atoms with E-state index in [1.54, 1.807) is 5.32 Å². The Morgan fingerprint density at radius 2 is 1.90 bits per heavy atom. The molecule has 0 saturated heterocycles. The molecule has 9 heteroatoms. The zero-order valence-corrected chi connectivity index (χ0v) is 11.0. The number of hydrogen-bond donors (Lipinski definition) is 3. The maximum atomic E-state index is 11.9. The van der Waals surface area contributed by atoms with Crippen LogP contribution in [0, 0.1) is 0 Å². The highest BCUT2D eigenvalue weighted by Crippen LogP contribution is 2.25. The molecule has 0 fully saturated rings. The molecule has 1 aromatic carbocycles. The predicted octanol–water partition coefficient (Wildman–Crippen LogP) is 2.98. The zero-order chi connectivity index (χ0) is 15.3. The zero-order valence-electron chi connectivity index (χ0n) is 10.3. The number of carbonyl (C=O) groups excluding carboxylic acids is 2. The van der Waals surface area contributed by atoms with E-state index in [0.717, 1.165) is 0 Å². The minimum absolute atomic E-state index is 0.0811. The van der Waals surface area contributed by atoms with Crippen LogP contribution >= 0.6 is 11.6 Å². The Bertz CT molecular complexity index is 520. The number of carbonyl (C=O) groups is 2. The first-order valence-electron chi connectivity index (χ1n) is 5.36. The molecule has 0 aliphatic rings. The molecule has 5 nitrogen and oxygen atoms in total. The van der Waals surface area contributed by atoms with Crippen LogP contribution in [0.5, 0.6) is 0 Å². The molecule has 3 N–H and O–H groups in total. The number of hydrogen-bond acceptors (Lipinski definition) is 2. The number of nitrogens with one attached hydrogen (secondary N) is 3. The molecular weight excluding hydrogens is 299 g/mol. The molecule has 1 aromatic rings. The van der Waals surface area contributed by atoms with Crippen LogP contribution in [0.1, 0.15) is 6.92 Å². The Kier molecular flexibility index (Phi) is 5.20. The second-order valence-electron chi connectivity index (χ2n) is 3.80. The Morgan fingerprint density at radius 3 is 2.45 bits per heavy atom. The van der Waals surface area contributed by atoms with Gasteiger partial charge in [-0.25, -0.2) is 4.79 Å². The molecule has 0 spiro atoms. The van der Waals surface area contributed by atoms with Crippen molar-refractivity contribution in [2.75, 3.05) is 17.2 Å². The first-order chi connectivity index (χ1) is 9.17. The van der Waals surface area contributed by atoms with Crippen LogP contribution in [0.4, 0.5) is 29.3 Å². The molecule has 0 saturated carbocycles. The Morgan fingerprint density at radius 1 is 1.25 bits per heavy atom. The maximum absolute atomic E-state index is 11.9. The smallest absolute Gasteiger partial charge is 0.329 e. The quantitative estimate of drug-likeness (QED) is 0.803. The topological polar surface area (TPSA) is 70.2 Å². The number of rotatable bonds is 3. The summed E-state index contributed by atoms with van der Waals surface area (Å²) in [4.78, 5) is 22.2. The average Bonchev–Trinajstić information content (AvgIpc) is 2.29. The fraction of sp³-hybridized carbons (Fsp3) is 0.273. The van der Waals surface area contributed by atoms with Crippen LogP contribution in [0.2, 0.25) is 5.02 Å². The molecule has 0 heterocycles. The van der Waals surface area contributed by atoms with Gasteiger partial charge in [0.1, 0.15) is 6.54 Å². The van der Waals surface area contributed by atoms with Crippen LogP contribution in [-0.2, 0) is 4.79 Å². The van der Waals surface area contributed by atoms with Crippen LogP contribution in [0.25, 0.3) is 0 Å². The first kappa shape index (κ1) is 16.1. The summed E-state index contributed by atoms with van der Waals surface area (Å²) in [5, 5.41) is 6.38. The van der Waals surface area contributed by atoms with Gasteiger partial charge >= 0.3 is 12.2 Å². The lowest BCUT2D eigenvalue weighted by Crippen LogP contribution is -2.36. The van der Waals surface area contributed by atoms with E-state index >= 15 is 0 Å². The normalized spacial score (nSPS) is 10.8. The number of amides is 3. The molecule has 0 aliphatic carbocycles. The van der Waals surface area contributed by atoms with Crippen molar-refractivity contribution in [3.05, 3.63) is 23.2 Å². The van der Waals surface area contributed by atoms with Crippen molar-refractivity contribution in [3.8, 4) is 0 Å². The van der Waals surface area contributed by atoms with Crippen LogP contribution in [-0.4, -0.2) is 24.7 Å². The molecule has 0 atom stereocenters. The monoisotopic (exact) mass is 309 g/mol. The summed E-state index contributed by atoms with van der Waals surface area (Å²) in [6.07, 6.45) is -4.50. The highest BCUT2D eigenvalue weighted by Gasteiger charge is 2.27. The van der Waals surface area contributed by atoms with Gasteiger partial charge in [-0.15, -0.1) is 0 Å². The van der Waals surface area contributed by atoms with Crippen LogP contribution in [0.3, 0.4) is 0 Å². The Labute approximate surface area is 117 Å². The van der Waals surface area contributed by atoms with E-state index in [1.807, 2.05) is 0 Å². The molecular formula is C11H11ClF3N3O2. The molecule has 0 bridgehead atoms. The van der Waals surface area contributed by atoms with Crippen LogP contribution < -0.4 is 16.0 Å². The van der Waals surface area contributed by atoms with E-state index in [1.165, 1.54) is 25.1 Å². The number of alkyl halides is 3. The van der Waals surface area contributed by atoms with E-state index in [-0.39, 0.29) is 16.6 Å². The van der Waals surface area contributed by atoms with E-state index < -0.39 is 18.8 Å². The third-order valence-corrected chi connectivity index (χ3v) is 2.31. The molecule has 0 aromatic heterocycles. The van der Waals surface area contributed by atoms with Gasteiger partial charge in [-0.1, -0.05) is 11.6 Å². The first-order valence-corrected chi connectivity index (χ1v) is 5.74. The van der Waals surface area contributed by atoms with E-state index in [4.69, 9.17) is 11.6 Å². The van der Waals surface area contributed by atoms with Crippen molar-refractivity contribution in [1.82, 2.24) is 5.32 Å². The van der Waals surface area contributed by atoms with Gasteiger partial charge in [-0.2, -0.15) is 13.2 Å². The highest BCUT2D eigenvalue weighted by atomic mass is 35.5. The SMILES string of the molecule is CC(=O)Nc1ccc(Cl)c(NC(=O)NCC(F)(F)F)c1. The molecule has 110 valence electrons. The summed E-state index contributed by atoms with van der Waals surface area (Å²) in [6, 6.07) is 3.16. The molecule has 0 aliphatic heterocycles. The number of anilines is 2. The van der Waals surface area contributed by atoms with Gasteiger partial charge in [0.2, 0.25) is 5.91 Å². The van der Waals surface area contributed by atoms with Gasteiger partial charge in [0.25, 0.3) is 0 Å². The third-order valence-electron chi connectivity index (χ3n) is 1.98. The van der Waals surface area contributed by atoms with E-state index in [0.29, 0.717) is 5.69 Å². The summed E-state index contributed by atoms with van der Waals surface area (Å²) >= 11 is 5.79. The second kappa shape index (κ2) is 6.47. The van der Waals surface area contributed by atoms with Crippen molar-refractivity contribution in [2.24, 2.45) is 0 Å². The molecule has 0 unspecified atom stereocenters. The largest absolute Gasteiger partial charge is 0.405 e. The minimum atomic E-state index is -4.50. The molecule has 1 rings (SSSR count). The maximum Gasteiger partial charge on any atom is 0.405 e. The molecule has 0 radical (unpaired) electrons. The van der Waals surface area contributed by atoms with Crippen molar-refractivity contribution >= 4 is 34.9 Å². The van der Waals surface area contributed by atoms with Crippen molar-refractivity contribution in [1.29, 1.82) is 0 Å². The summed E-state index contributed by atoms with van der Waals surface area (Å²) < 4.78 is 35.8. The number of benzene rings is 1. The van der Waals surface area contributed by atoms with Crippen molar-refractivity contribution in [2.45, 2.75) is 13.1 Å². The Hall–Kier alpha value is -1.96. The van der Waals surface area contributed by atoms with Gasteiger partial charge in [-0.3, -0.25) is 4.79 Å². The standard InChI is InChI=1S/C11H11ClF3N3O2/c1-6(19)17-7-2-3-8(12)9(4-7)18-10(20)16-5-11(13,14)15/h2-4H,5H2,1H3,(H,17,19)(H2,16,18,20). The third kappa shape index (κ3) is 5.79. The Balaban J connectivity index is 2.71. The van der Waals surface area contributed by atoms with Gasteiger partial charge in [0, 0.05) is 12.6 Å². The van der Waals surface area contributed by atoms with Gasteiger partial charge in [-0.05, 0) is 18.2 Å². The summed E-state index contributed by atoms with van der Waals surface area (Å²) in [5.41, 5.74) is 0.436. The summed E-state index contributed by atoms with van der Waals surface area (Å²) in [6.45, 7) is -0.167. The molecule has 20 heavy (non-hydrogen) atoms. The lowest BCUT2D eigenvalue weighted by atomic mass is 10.2. The fourth-order valence-corrected chi connectivity index (χ4v) is 1.41. The number of urea groups is 1. The summed E-state index contributed by atoms with van der Waals surface area (Å²) in [5.74, 6) is -0.334. The van der Waals surface area contributed by atoms with Gasteiger partial charge in [0.05, 0.1) is 10.7 Å². The van der Waals surface area contributed by atoms with E-state index in [9.17, 15) is 22.8 Å². The lowest BCUT2D eigenvalue weighted by Gasteiger charge is -2.12. The predicted molar refractivity (Wildman–Crippen MR) is 68.8 cm³/mol. The lowest BCUT2D eigenvalue weighted by molar-refractivity contribution is -0.122. The summed E-state index contributed by atoms with van der Waals surface area (Å²) in [7, 11) is 0. The van der Waals surface area contributed by atoms with Crippen LogP contribution in [0.15, 0.2) is 18.2 Å². The minimum Gasteiger partial charge on any atom is -0.329 e. The highest BCUT2D eigenvalue weighted by molar-refractivity contribution is 6.33. The van der Waals surface area contributed by atoms with Crippen molar-refractivity contribution in [3.63, 3.8) is 0 Å². The second-order valence-corrected chi connectivity index (χ2v) is 4.21. The van der Waals surface area contributed by atoms with Gasteiger partial charge in [0.15, 0.2) is 0 Å². The average molecular weight is 310 g/mol. The fourth-order valence-electron chi connectivity index (χ4n) is 1.25. The number of halogens is 4. The van der Waals surface area contributed by atoms with Gasteiger partial charge < -0.3 is 16.0 Å². The van der Waals surface area contributed by atoms with Crippen molar-refractivity contribution < 1.29 is 22.8 Å².